The number of hydrogen-bond donors (Lipinski definition) is 0. The van der Waals surface area contributed by atoms with Crippen LogP contribution in [-0.4, -0.2) is 25.2 Å². The number of Topliss-reactive ketones (excluding diaryl/α,β-unsaturated/α-hetero) is 1. The maximum Gasteiger partial charge on any atom is 0.153 e. The second kappa shape index (κ2) is 4.43. The van der Waals surface area contributed by atoms with Crippen molar-refractivity contribution in [3.63, 3.8) is 0 Å². The highest BCUT2D eigenvalue weighted by Gasteiger charge is 2.36. The van der Waals surface area contributed by atoms with Crippen molar-refractivity contribution in [2.75, 3.05) is 5.75 Å². The average Bonchev–Trinajstić information content (AvgIpc) is 2.18. The second-order valence-corrected chi connectivity index (χ2v) is 6.45. The maximum absolute atomic E-state index is 11.7. The molecule has 0 amide bonds. The number of ketones is 1. The van der Waals surface area contributed by atoms with Gasteiger partial charge in [0.15, 0.2) is 9.84 Å². The Hall–Kier alpha value is -0.380. The summed E-state index contributed by atoms with van der Waals surface area (Å²) in [7, 11) is -3.04. The van der Waals surface area contributed by atoms with Gasteiger partial charge in [0.05, 0.1) is 5.25 Å². The third-order valence-electron chi connectivity index (χ3n) is 3.14. The van der Waals surface area contributed by atoms with Gasteiger partial charge in [-0.1, -0.05) is 20.3 Å². The first kappa shape index (κ1) is 11.7. The van der Waals surface area contributed by atoms with E-state index in [1.165, 1.54) is 0 Å². The van der Waals surface area contributed by atoms with E-state index < -0.39 is 15.1 Å². The minimum absolute atomic E-state index is 0.108. The third kappa shape index (κ3) is 2.35. The summed E-state index contributed by atoms with van der Waals surface area (Å²) < 4.78 is 23.4. The zero-order valence-corrected chi connectivity index (χ0v) is 9.64. The molecular formula is C10H18O3S. The third-order valence-corrected chi connectivity index (χ3v) is 5.42. The molecule has 1 fully saturated rings. The van der Waals surface area contributed by atoms with E-state index in [9.17, 15) is 13.2 Å². The molecule has 0 aliphatic heterocycles. The molecule has 1 aliphatic carbocycles. The predicted octanol–water partition coefficient (Wildman–Crippen LogP) is 1.57. The SMILES string of the molecule is CCC1CCC(=O)CC1S(=O)(=O)CC. The lowest BCUT2D eigenvalue weighted by Gasteiger charge is -2.29. The standard InChI is InChI=1S/C10H18O3S/c1-3-8-5-6-9(11)7-10(8)14(12,13)4-2/h8,10H,3-7H2,1-2H3. The molecule has 0 heterocycles. The van der Waals surface area contributed by atoms with Gasteiger partial charge in [-0.25, -0.2) is 8.42 Å². The molecule has 2 atom stereocenters. The van der Waals surface area contributed by atoms with Gasteiger partial charge in [0, 0.05) is 18.6 Å². The number of rotatable bonds is 3. The van der Waals surface area contributed by atoms with Crippen molar-refractivity contribution in [1.82, 2.24) is 0 Å². The summed E-state index contributed by atoms with van der Waals surface area (Å²) >= 11 is 0. The lowest BCUT2D eigenvalue weighted by Crippen LogP contribution is -2.36. The highest BCUT2D eigenvalue weighted by molar-refractivity contribution is 7.92. The van der Waals surface area contributed by atoms with Gasteiger partial charge in [-0.05, 0) is 12.3 Å². The van der Waals surface area contributed by atoms with Crippen LogP contribution in [-0.2, 0) is 14.6 Å². The van der Waals surface area contributed by atoms with Crippen molar-refractivity contribution < 1.29 is 13.2 Å². The summed E-state index contributed by atoms with van der Waals surface area (Å²) in [6.07, 6.45) is 2.42. The first-order valence-electron chi connectivity index (χ1n) is 5.24. The van der Waals surface area contributed by atoms with Crippen molar-refractivity contribution in [2.24, 2.45) is 5.92 Å². The number of carbonyl (C=O) groups is 1. The molecule has 0 bridgehead atoms. The van der Waals surface area contributed by atoms with Crippen LogP contribution >= 0.6 is 0 Å². The Kier molecular flexibility index (Phi) is 3.70. The normalized spacial score (nSPS) is 29.1. The molecule has 82 valence electrons. The fraction of sp³-hybridized carbons (Fsp3) is 0.900. The molecule has 2 unspecified atom stereocenters. The van der Waals surface area contributed by atoms with Crippen LogP contribution < -0.4 is 0 Å². The van der Waals surface area contributed by atoms with Crippen LogP contribution in [0.3, 0.4) is 0 Å². The lowest BCUT2D eigenvalue weighted by atomic mass is 9.86. The second-order valence-electron chi connectivity index (χ2n) is 3.94. The van der Waals surface area contributed by atoms with Crippen LogP contribution in [0.15, 0.2) is 0 Å². The van der Waals surface area contributed by atoms with Gasteiger partial charge in [0.1, 0.15) is 5.78 Å². The lowest BCUT2D eigenvalue weighted by molar-refractivity contribution is -0.120. The summed E-state index contributed by atoms with van der Waals surface area (Å²) in [6.45, 7) is 3.65. The van der Waals surface area contributed by atoms with Gasteiger partial charge in [0.2, 0.25) is 0 Å². The van der Waals surface area contributed by atoms with E-state index in [1.54, 1.807) is 6.92 Å². The van der Waals surface area contributed by atoms with Crippen LogP contribution in [0, 0.1) is 5.92 Å². The van der Waals surface area contributed by atoms with Gasteiger partial charge in [-0.2, -0.15) is 0 Å². The van der Waals surface area contributed by atoms with Gasteiger partial charge >= 0.3 is 0 Å². The van der Waals surface area contributed by atoms with Gasteiger partial charge in [-0.3, -0.25) is 4.79 Å². The molecule has 0 aromatic carbocycles. The summed E-state index contributed by atoms with van der Waals surface area (Å²) in [5, 5.41) is -0.404. The fourth-order valence-corrected chi connectivity index (χ4v) is 3.91. The Labute approximate surface area is 85.8 Å². The van der Waals surface area contributed by atoms with Crippen molar-refractivity contribution in [2.45, 2.75) is 44.8 Å². The largest absolute Gasteiger partial charge is 0.300 e. The smallest absolute Gasteiger partial charge is 0.153 e. The molecule has 0 radical (unpaired) electrons. The monoisotopic (exact) mass is 218 g/mol. The molecule has 0 spiro atoms. The van der Waals surface area contributed by atoms with Crippen LogP contribution in [0.5, 0.6) is 0 Å². The minimum Gasteiger partial charge on any atom is -0.300 e. The molecule has 1 saturated carbocycles. The quantitative estimate of drug-likeness (QED) is 0.722. The van der Waals surface area contributed by atoms with Crippen molar-refractivity contribution in [3.05, 3.63) is 0 Å². The van der Waals surface area contributed by atoms with E-state index in [-0.39, 0.29) is 23.9 Å². The molecule has 1 aliphatic rings. The highest BCUT2D eigenvalue weighted by Crippen LogP contribution is 2.30. The van der Waals surface area contributed by atoms with Gasteiger partial charge in [-0.15, -0.1) is 0 Å². The van der Waals surface area contributed by atoms with Crippen LogP contribution in [0.2, 0.25) is 0 Å². The van der Waals surface area contributed by atoms with E-state index in [0.29, 0.717) is 6.42 Å². The van der Waals surface area contributed by atoms with E-state index in [4.69, 9.17) is 0 Å². The highest BCUT2D eigenvalue weighted by atomic mass is 32.2. The molecule has 14 heavy (non-hydrogen) atoms. The molecule has 3 nitrogen and oxygen atoms in total. The molecule has 0 N–H and O–H groups in total. The first-order valence-corrected chi connectivity index (χ1v) is 6.96. The number of carbonyl (C=O) groups excluding carboxylic acids is 1. The topological polar surface area (TPSA) is 51.2 Å². The Morgan fingerprint density at radius 2 is 2.00 bits per heavy atom. The Bertz CT molecular complexity index is 305. The number of hydrogen-bond acceptors (Lipinski definition) is 3. The summed E-state index contributed by atoms with van der Waals surface area (Å²) in [4.78, 5) is 11.2. The van der Waals surface area contributed by atoms with E-state index in [0.717, 1.165) is 12.8 Å². The Balaban J connectivity index is 2.86. The zero-order valence-electron chi connectivity index (χ0n) is 8.82. The maximum atomic E-state index is 11.7. The molecule has 4 heteroatoms. The van der Waals surface area contributed by atoms with Crippen LogP contribution in [0.25, 0.3) is 0 Å². The summed E-state index contributed by atoms with van der Waals surface area (Å²) in [6, 6.07) is 0. The minimum atomic E-state index is -3.04. The average molecular weight is 218 g/mol. The predicted molar refractivity (Wildman–Crippen MR) is 55.9 cm³/mol. The Morgan fingerprint density at radius 3 is 2.50 bits per heavy atom. The van der Waals surface area contributed by atoms with E-state index >= 15 is 0 Å². The summed E-state index contributed by atoms with van der Waals surface area (Å²) in [5.74, 6) is 0.455. The van der Waals surface area contributed by atoms with Gasteiger partial charge < -0.3 is 0 Å². The number of sulfone groups is 1. The van der Waals surface area contributed by atoms with Crippen molar-refractivity contribution in [1.29, 1.82) is 0 Å². The molecule has 0 aromatic heterocycles. The molecule has 0 saturated heterocycles. The molecule has 0 aromatic rings. The van der Waals surface area contributed by atoms with Crippen molar-refractivity contribution >= 4 is 15.6 Å². The summed E-state index contributed by atoms with van der Waals surface area (Å²) in [5.41, 5.74) is 0. The Morgan fingerprint density at radius 1 is 1.36 bits per heavy atom. The van der Waals surface area contributed by atoms with E-state index in [1.807, 2.05) is 6.92 Å². The van der Waals surface area contributed by atoms with Gasteiger partial charge in [0.25, 0.3) is 0 Å². The zero-order chi connectivity index (χ0) is 10.8. The van der Waals surface area contributed by atoms with Crippen LogP contribution in [0.1, 0.15) is 39.5 Å². The fourth-order valence-electron chi connectivity index (χ4n) is 2.13. The molecule has 1 rings (SSSR count). The van der Waals surface area contributed by atoms with E-state index in [2.05, 4.69) is 0 Å². The molecular weight excluding hydrogens is 200 g/mol. The first-order chi connectivity index (χ1) is 6.51. The van der Waals surface area contributed by atoms with Crippen molar-refractivity contribution in [3.8, 4) is 0 Å². The van der Waals surface area contributed by atoms with Crippen LogP contribution in [0.4, 0.5) is 0 Å².